The van der Waals surface area contributed by atoms with E-state index >= 15 is 0 Å². The van der Waals surface area contributed by atoms with Crippen LogP contribution in [0.1, 0.15) is 50.7 Å². The minimum absolute atomic E-state index is 0.214. The van der Waals surface area contributed by atoms with Crippen LogP contribution in [0.25, 0.3) is 5.57 Å². The zero-order chi connectivity index (χ0) is 20.6. The first-order chi connectivity index (χ1) is 14.1. The number of hydrogen-bond acceptors (Lipinski definition) is 3. The van der Waals surface area contributed by atoms with Crippen LogP contribution in [-0.2, 0) is 11.2 Å². The summed E-state index contributed by atoms with van der Waals surface area (Å²) >= 11 is 6.28. The van der Waals surface area contributed by atoms with Gasteiger partial charge in [0.1, 0.15) is 0 Å². The number of aliphatic imine (C=N–C) groups is 1. The largest absolute Gasteiger partial charge is 0.450 e. The van der Waals surface area contributed by atoms with Crippen molar-refractivity contribution in [1.29, 1.82) is 0 Å². The van der Waals surface area contributed by atoms with Crippen LogP contribution in [-0.4, -0.2) is 36.9 Å². The summed E-state index contributed by atoms with van der Waals surface area (Å²) in [5.74, 6) is 0. The van der Waals surface area contributed by atoms with Gasteiger partial charge >= 0.3 is 6.09 Å². The first-order valence-electron chi connectivity index (χ1n) is 10.4. The molecule has 1 amide bonds. The van der Waals surface area contributed by atoms with Gasteiger partial charge in [-0.2, -0.15) is 0 Å². The van der Waals surface area contributed by atoms with E-state index in [9.17, 15) is 4.79 Å². The Morgan fingerprint density at radius 3 is 2.93 bits per heavy atom. The maximum absolute atomic E-state index is 12.2. The smallest absolute Gasteiger partial charge is 0.409 e. The van der Waals surface area contributed by atoms with Gasteiger partial charge in [-0.05, 0) is 75.3 Å². The molecule has 1 fully saturated rings. The lowest BCUT2D eigenvalue weighted by Crippen LogP contribution is -2.32. The van der Waals surface area contributed by atoms with Gasteiger partial charge in [0.2, 0.25) is 0 Å². The van der Waals surface area contributed by atoms with Gasteiger partial charge in [-0.25, -0.2) is 4.79 Å². The molecule has 4 nitrogen and oxygen atoms in total. The molecule has 0 saturated carbocycles. The van der Waals surface area contributed by atoms with Crippen LogP contribution in [0, 0.1) is 0 Å². The fraction of sp³-hybridized carbons (Fsp3) is 0.417. The highest BCUT2D eigenvalue weighted by Gasteiger charge is 2.24. The summed E-state index contributed by atoms with van der Waals surface area (Å²) in [5.41, 5.74) is 6.06. The van der Waals surface area contributed by atoms with Crippen molar-refractivity contribution in [3.8, 4) is 0 Å². The van der Waals surface area contributed by atoms with E-state index in [1.54, 1.807) is 0 Å². The molecule has 1 heterocycles. The van der Waals surface area contributed by atoms with E-state index in [1.807, 2.05) is 43.2 Å². The Morgan fingerprint density at radius 2 is 2.14 bits per heavy atom. The molecule has 1 saturated heterocycles. The monoisotopic (exact) mass is 412 g/mol. The van der Waals surface area contributed by atoms with Crippen LogP contribution in [0.4, 0.5) is 4.79 Å². The molecule has 154 valence electrons. The Morgan fingerprint density at radius 1 is 1.28 bits per heavy atom. The second-order valence-electron chi connectivity index (χ2n) is 7.25. The van der Waals surface area contributed by atoms with Crippen molar-refractivity contribution in [3.05, 3.63) is 63.8 Å². The summed E-state index contributed by atoms with van der Waals surface area (Å²) < 4.78 is 5.21. The second-order valence-corrected chi connectivity index (χ2v) is 7.69. The molecule has 2 aliphatic rings. The number of carbonyl (C=O) groups excluding carboxylic acids is 1. The molecule has 29 heavy (non-hydrogen) atoms. The van der Waals surface area contributed by atoms with Crippen molar-refractivity contribution in [2.24, 2.45) is 4.99 Å². The first-order valence-corrected chi connectivity index (χ1v) is 10.8. The molecule has 1 aromatic carbocycles. The maximum atomic E-state index is 12.2. The fourth-order valence-corrected chi connectivity index (χ4v) is 4.15. The van der Waals surface area contributed by atoms with Crippen LogP contribution in [0.5, 0.6) is 0 Å². The molecule has 1 aromatic rings. The Bertz CT molecular complexity index is 868. The number of aryl methyl sites for hydroxylation is 1. The summed E-state index contributed by atoms with van der Waals surface area (Å²) in [6.45, 7) is 5.64. The number of hydrogen-bond donors (Lipinski definition) is 0. The molecule has 3 rings (SSSR count). The number of halogens is 1. The predicted octanol–water partition coefficient (Wildman–Crippen LogP) is 6.21. The molecule has 0 N–H and O–H groups in total. The standard InChI is InChI=1S/C24H29ClN2O2/c1-3-5-14-26-22-10-6-8-19-17-20(25)11-12-21(19)23(22)18-9-7-15-27(16-13-18)24(28)29-4-2/h3,5,10-12,14,17H,4,6-9,13,15-16H2,1-2H3/b5-3-,23-18-,26-14?. The first kappa shape index (κ1) is 21.4. The Hall–Kier alpha value is -2.33. The molecule has 1 aliphatic carbocycles. The number of carbonyl (C=O) groups is 1. The van der Waals surface area contributed by atoms with Gasteiger partial charge in [-0.1, -0.05) is 35.4 Å². The molecular formula is C24H29ClN2O2. The van der Waals surface area contributed by atoms with Gasteiger partial charge < -0.3 is 9.64 Å². The predicted molar refractivity (Wildman–Crippen MR) is 121 cm³/mol. The summed E-state index contributed by atoms with van der Waals surface area (Å²) in [6.07, 6.45) is 12.4. The molecule has 5 heteroatoms. The van der Waals surface area contributed by atoms with E-state index in [0.29, 0.717) is 13.2 Å². The van der Waals surface area contributed by atoms with Gasteiger partial charge in [0.25, 0.3) is 0 Å². The van der Waals surface area contributed by atoms with Gasteiger partial charge in [0, 0.05) is 29.9 Å². The molecule has 0 bridgehead atoms. The number of ether oxygens (including phenoxy) is 1. The number of allylic oxidation sites excluding steroid dienone is 4. The number of rotatable bonds is 3. The van der Waals surface area contributed by atoms with Gasteiger partial charge in [-0.3, -0.25) is 4.99 Å². The lowest BCUT2D eigenvalue weighted by molar-refractivity contribution is 0.109. The number of fused-ring (bicyclic) bond motifs is 1. The molecular weight excluding hydrogens is 384 g/mol. The van der Waals surface area contributed by atoms with Crippen LogP contribution < -0.4 is 0 Å². The normalized spacial score (nSPS) is 20.4. The number of likely N-dealkylation sites (tertiary alicyclic amines) is 1. The summed E-state index contributed by atoms with van der Waals surface area (Å²) in [4.78, 5) is 18.8. The van der Waals surface area contributed by atoms with Crippen molar-refractivity contribution in [1.82, 2.24) is 4.90 Å². The fourth-order valence-electron chi connectivity index (χ4n) is 3.95. The van der Waals surface area contributed by atoms with Crippen LogP contribution >= 0.6 is 11.6 Å². The molecule has 0 unspecified atom stereocenters. The van der Waals surface area contributed by atoms with E-state index in [2.05, 4.69) is 18.2 Å². The third-order valence-electron chi connectivity index (χ3n) is 5.31. The van der Waals surface area contributed by atoms with Crippen molar-refractivity contribution in [2.75, 3.05) is 19.7 Å². The molecule has 0 spiro atoms. The van der Waals surface area contributed by atoms with Gasteiger partial charge in [-0.15, -0.1) is 0 Å². The number of amides is 1. The lowest BCUT2D eigenvalue weighted by atomic mass is 9.90. The van der Waals surface area contributed by atoms with Crippen LogP contribution in [0.15, 0.2) is 52.7 Å². The molecule has 0 radical (unpaired) electrons. The summed E-state index contributed by atoms with van der Waals surface area (Å²) in [5, 5.41) is 0.767. The second kappa shape index (κ2) is 10.4. The third-order valence-corrected chi connectivity index (χ3v) is 5.54. The van der Waals surface area contributed by atoms with Crippen molar-refractivity contribution in [2.45, 2.75) is 46.0 Å². The third kappa shape index (κ3) is 5.39. The Kier molecular flexibility index (Phi) is 7.70. The highest BCUT2D eigenvalue weighted by Crippen LogP contribution is 2.38. The summed E-state index contributed by atoms with van der Waals surface area (Å²) in [6, 6.07) is 6.16. The topological polar surface area (TPSA) is 41.9 Å². The average molecular weight is 413 g/mol. The van der Waals surface area contributed by atoms with Crippen molar-refractivity contribution in [3.63, 3.8) is 0 Å². The number of benzene rings is 1. The Labute approximate surface area is 178 Å². The van der Waals surface area contributed by atoms with E-state index in [0.717, 1.165) is 49.4 Å². The average Bonchev–Trinajstić information content (AvgIpc) is 3.04. The SMILES string of the molecule is C/C=C\C=NC1=CCCc2cc(Cl)ccc2/C1=C1\CCCN(C(=O)OCC)CC1. The molecule has 1 aliphatic heterocycles. The summed E-state index contributed by atoms with van der Waals surface area (Å²) in [7, 11) is 0. The highest BCUT2D eigenvalue weighted by atomic mass is 35.5. The van der Waals surface area contributed by atoms with Crippen molar-refractivity contribution >= 4 is 29.5 Å². The lowest BCUT2D eigenvalue weighted by Gasteiger charge is -2.19. The maximum Gasteiger partial charge on any atom is 0.409 e. The van der Waals surface area contributed by atoms with E-state index in [1.165, 1.54) is 22.3 Å². The molecule has 0 atom stereocenters. The number of nitrogens with zero attached hydrogens (tertiary/aromatic N) is 2. The van der Waals surface area contributed by atoms with E-state index < -0.39 is 0 Å². The van der Waals surface area contributed by atoms with Gasteiger partial charge in [0.05, 0.1) is 12.3 Å². The minimum Gasteiger partial charge on any atom is -0.450 e. The van der Waals surface area contributed by atoms with Crippen molar-refractivity contribution < 1.29 is 9.53 Å². The van der Waals surface area contributed by atoms with Gasteiger partial charge in [0.15, 0.2) is 0 Å². The van der Waals surface area contributed by atoms with E-state index in [4.69, 9.17) is 21.3 Å². The quantitative estimate of drug-likeness (QED) is 0.553. The molecule has 0 aromatic heterocycles. The Balaban J connectivity index is 2.01. The zero-order valence-electron chi connectivity index (χ0n) is 17.3. The van der Waals surface area contributed by atoms with Crippen LogP contribution in [0.3, 0.4) is 0 Å². The highest BCUT2D eigenvalue weighted by molar-refractivity contribution is 6.30. The van der Waals surface area contributed by atoms with Crippen LogP contribution in [0.2, 0.25) is 5.02 Å². The minimum atomic E-state index is -0.214. The van der Waals surface area contributed by atoms with E-state index in [-0.39, 0.29) is 6.09 Å². The zero-order valence-corrected chi connectivity index (χ0v) is 18.0.